The molecule has 0 aliphatic heterocycles. The highest BCUT2D eigenvalue weighted by atomic mass is 127. The van der Waals surface area contributed by atoms with Crippen molar-refractivity contribution in [2.45, 2.75) is 32.7 Å². The van der Waals surface area contributed by atoms with Crippen LogP contribution in [0.1, 0.15) is 31.9 Å². The minimum Gasteiger partial charge on any atom is -0.357 e. The van der Waals surface area contributed by atoms with Gasteiger partial charge in [0.15, 0.2) is 5.96 Å². The third kappa shape index (κ3) is 6.64. The van der Waals surface area contributed by atoms with Crippen LogP contribution in [0, 0.1) is 5.82 Å². The normalized spacial score (nSPS) is 11.8. The van der Waals surface area contributed by atoms with Gasteiger partial charge in [0.05, 0.1) is 12.7 Å². The molecule has 5 nitrogen and oxygen atoms in total. The van der Waals surface area contributed by atoms with E-state index in [0.717, 1.165) is 23.6 Å². The molecule has 7 heteroatoms. The SMILES string of the molecule is CCNC(=NCc1cnn(C)c1)NCC(C)(C)c1cccc(F)c1.I. The Morgan fingerprint density at radius 3 is 2.68 bits per heavy atom. The van der Waals surface area contributed by atoms with Crippen LogP contribution < -0.4 is 10.6 Å². The monoisotopic (exact) mass is 459 g/mol. The zero-order valence-corrected chi connectivity index (χ0v) is 17.5. The first-order valence-corrected chi connectivity index (χ1v) is 8.16. The number of hydrogen-bond acceptors (Lipinski definition) is 2. The van der Waals surface area contributed by atoms with Gasteiger partial charge in [-0.2, -0.15) is 5.10 Å². The minimum absolute atomic E-state index is 0. The summed E-state index contributed by atoms with van der Waals surface area (Å²) in [6.45, 7) is 8.18. The van der Waals surface area contributed by atoms with Crippen LogP contribution in [0.4, 0.5) is 4.39 Å². The fourth-order valence-corrected chi connectivity index (χ4v) is 2.38. The number of halogens is 2. The number of nitrogens with one attached hydrogen (secondary N) is 2. The van der Waals surface area contributed by atoms with Crippen molar-refractivity contribution >= 4 is 29.9 Å². The molecule has 0 unspecified atom stereocenters. The number of hydrogen-bond donors (Lipinski definition) is 2. The lowest BCUT2D eigenvalue weighted by molar-refractivity contribution is 0.503. The van der Waals surface area contributed by atoms with Crippen LogP contribution >= 0.6 is 24.0 Å². The number of guanidine groups is 1. The molecule has 0 saturated carbocycles. The molecular formula is C18H27FIN5. The second-order valence-corrected chi connectivity index (χ2v) is 6.47. The van der Waals surface area contributed by atoms with Crippen LogP contribution in [0.25, 0.3) is 0 Å². The lowest BCUT2D eigenvalue weighted by Gasteiger charge is -2.26. The molecular weight excluding hydrogens is 432 g/mol. The Kier molecular flexibility index (Phi) is 8.34. The van der Waals surface area contributed by atoms with Crippen molar-refractivity contribution in [1.29, 1.82) is 0 Å². The molecule has 2 rings (SSSR count). The fraction of sp³-hybridized carbons (Fsp3) is 0.444. The van der Waals surface area contributed by atoms with Gasteiger partial charge in [-0.1, -0.05) is 26.0 Å². The van der Waals surface area contributed by atoms with E-state index in [2.05, 4.69) is 34.6 Å². The summed E-state index contributed by atoms with van der Waals surface area (Å²) >= 11 is 0. The zero-order valence-electron chi connectivity index (χ0n) is 15.2. The molecule has 0 spiro atoms. The maximum atomic E-state index is 13.5. The van der Waals surface area contributed by atoms with Crippen LogP contribution in [0.3, 0.4) is 0 Å². The van der Waals surface area contributed by atoms with Crippen molar-refractivity contribution in [3.05, 3.63) is 53.6 Å². The van der Waals surface area contributed by atoms with Crippen molar-refractivity contribution in [3.8, 4) is 0 Å². The average Bonchev–Trinajstić information content (AvgIpc) is 2.95. The van der Waals surface area contributed by atoms with Gasteiger partial charge in [-0.15, -0.1) is 24.0 Å². The van der Waals surface area contributed by atoms with Gasteiger partial charge in [0.25, 0.3) is 0 Å². The van der Waals surface area contributed by atoms with Gasteiger partial charge < -0.3 is 10.6 Å². The molecule has 0 atom stereocenters. The van der Waals surface area contributed by atoms with Crippen LogP contribution in [-0.4, -0.2) is 28.8 Å². The minimum atomic E-state index is -0.216. The molecule has 0 aliphatic rings. The van der Waals surface area contributed by atoms with Gasteiger partial charge in [-0.25, -0.2) is 9.38 Å². The van der Waals surface area contributed by atoms with Crippen LogP contribution in [0.15, 0.2) is 41.7 Å². The van der Waals surface area contributed by atoms with Gasteiger partial charge in [0.1, 0.15) is 5.82 Å². The van der Waals surface area contributed by atoms with Crippen LogP contribution in [0.5, 0.6) is 0 Å². The third-order valence-electron chi connectivity index (χ3n) is 3.83. The van der Waals surface area contributed by atoms with E-state index in [1.54, 1.807) is 16.8 Å². The highest BCUT2D eigenvalue weighted by molar-refractivity contribution is 14.0. The van der Waals surface area contributed by atoms with E-state index in [-0.39, 0.29) is 35.2 Å². The van der Waals surface area contributed by atoms with E-state index < -0.39 is 0 Å². The summed E-state index contributed by atoms with van der Waals surface area (Å²) in [5, 5.41) is 10.7. The van der Waals surface area contributed by atoms with E-state index in [1.165, 1.54) is 6.07 Å². The van der Waals surface area contributed by atoms with E-state index >= 15 is 0 Å². The Bertz CT molecular complexity index is 696. The smallest absolute Gasteiger partial charge is 0.191 e. The molecule has 0 radical (unpaired) electrons. The highest BCUT2D eigenvalue weighted by Gasteiger charge is 2.21. The molecule has 2 N–H and O–H groups in total. The molecule has 25 heavy (non-hydrogen) atoms. The molecule has 0 saturated heterocycles. The Morgan fingerprint density at radius 1 is 1.32 bits per heavy atom. The fourth-order valence-electron chi connectivity index (χ4n) is 2.38. The standard InChI is InChI=1S/C18H26FN5.HI/c1-5-20-17(21-10-14-11-23-24(4)12-14)22-13-18(2,3)15-7-6-8-16(19)9-15;/h6-9,11-12H,5,10,13H2,1-4H3,(H2,20,21,22);1H. The maximum absolute atomic E-state index is 13.5. The summed E-state index contributed by atoms with van der Waals surface area (Å²) in [5.74, 6) is 0.531. The van der Waals surface area contributed by atoms with Crippen molar-refractivity contribution in [2.75, 3.05) is 13.1 Å². The van der Waals surface area contributed by atoms with Crippen LogP contribution in [-0.2, 0) is 19.0 Å². The Hall–Kier alpha value is -1.64. The Labute approximate surface area is 166 Å². The first-order chi connectivity index (χ1) is 11.4. The van der Waals surface area contributed by atoms with Crippen molar-refractivity contribution in [1.82, 2.24) is 20.4 Å². The number of rotatable bonds is 6. The molecule has 0 bridgehead atoms. The predicted molar refractivity (Wildman–Crippen MR) is 111 cm³/mol. The van der Waals surface area contributed by atoms with Gasteiger partial charge in [0, 0.05) is 37.3 Å². The number of aromatic nitrogens is 2. The average molecular weight is 459 g/mol. The Morgan fingerprint density at radius 2 is 2.08 bits per heavy atom. The summed E-state index contributed by atoms with van der Waals surface area (Å²) in [6, 6.07) is 6.74. The molecule has 1 aromatic heterocycles. The highest BCUT2D eigenvalue weighted by Crippen LogP contribution is 2.22. The number of aliphatic imine (C=N–C) groups is 1. The van der Waals surface area contributed by atoms with Gasteiger partial charge in [-0.05, 0) is 24.6 Å². The van der Waals surface area contributed by atoms with Crippen molar-refractivity contribution < 1.29 is 4.39 Å². The predicted octanol–water partition coefficient (Wildman–Crippen LogP) is 3.21. The van der Waals surface area contributed by atoms with Crippen molar-refractivity contribution in [3.63, 3.8) is 0 Å². The van der Waals surface area contributed by atoms with Crippen molar-refractivity contribution in [2.24, 2.45) is 12.0 Å². The van der Waals surface area contributed by atoms with E-state index in [4.69, 9.17) is 0 Å². The maximum Gasteiger partial charge on any atom is 0.191 e. The quantitative estimate of drug-likeness (QED) is 0.397. The largest absolute Gasteiger partial charge is 0.357 e. The molecule has 1 aromatic carbocycles. The molecule has 0 aliphatic carbocycles. The molecule has 0 fully saturated rings. The third-order valence-corrected chi connectivity index (χ3v) is 3.83. The summed E-state index contributed by atoms with van der Waals surface area (Å²) in [4.78, 5) is 4.58. The zero-order chi connectivity index (χ0) is 17.6. The summed E-state index contributed by atoms with van der Waals surface area (Å²) < 4.78 is 15.2. The van der Waals surface area contributed by atoms with E-state index in [9.17, 15) is 4.39 Å². The van der Waals surface area contributed by atoms with Gasteiger partial charge in [0.2, 0.25) is 0 Å². The second kappa shape index (κ2) is 9.74. The Balaban J connectivity index is 0.00000312. The summed E-state index contributed by atoms with van der Waals surface area (Å²) in [7, 11) is 1.89. The van der Waals surface area contributed by atoms with Gasteiger partial charge >= 0.3 is 0 Å². The number of nitrogens with zero attached hydrogens (tertiary/aromatic N) is 3. The molecule has 1 heterocycles. The van der Waals surface area contributed by atoms with Gasteiger partial charge in [-0.3, -0.25) is 4.68 Å². The van der Waals surface area contributed by atoms with E-state index in [0.29, 0.717) is 13.1 Å². The lowest BCUT2D eigenvalue weighted by atomic mass is 9.84. The number of benzene rings is 1. The van der Waals surface area contributed by atoms with Crippen LogP contribution in [0.2, 0.25) is 0 Å². The molecule has 0 amide bonds. The molecule has 138 valence electrons. The topological polar surface area (TPSA) is 54.2 Å². The first kappa shape index (κ1) is 21.4. The lowest BCUT2D eigenvalue weighted by Crippen LogP contribution is -2.43. The molecule has 2 aromatic rings. The summed E-state index contributed by atoms with van der Waals surface area (Å²) in [6.07, 6.45) is 3.76. The summed E-state index contributed by atoms with van der Waals surface area (Å²) in [5.41, 5.74) is 1.80. The number of aryl methyl sites for hydroxylation is 1. The van der Waals surface area contributed by atoms with E-state index in [1.807, 2.05) is 32.4 Å². The first-order valence-electron chi connectivity index (χ1n) is 8.16. The second-order valence-electron chi connectivity index (χ2n) is 6.47.